The molecule has 0 bridgehead atoms. The van der Waals surface area contributed by atoms with Crippen LogP contribution in [0.2, 0.25) is 0 Å². The van der Waals surface area contributed by atoms with Gasteiger partial charge in [0.25, 0.3) is 0 Å². The van der Waals surface area contributed by atoms with Crippen molar-refractivity contribution in [3.63, 3.8) is 0 Å². The van der Waals surface area contributed by atoms with Gasteiger partial charge in [-0.05, 0) is 11.6 Å². The van der Waals surface area contributed by atoms with E-state index in [0.717, 1.165) is 12.1 Å². The van der Waals surface area contributed by atoms with E-state index in [1.807, 2.05) is 0 Å². The summed E-state index contributed by atoms with van der Waals surface area (Å²) in [6, 6.07) is 5.09. The zero-order valence-electron chi connectivity index (χ0n) is 11.8. The van der Waals surface area contributed by atoms with Crippen molar-refractivity contribution in [2.75, 3.05) is 33.5 Å². The fourth-order valence-electron chi connectivity index (χ4n) is 1.66. The van der Waals surface area contributed by atoms with Gasteiger partial charge in [-0.3, -0.25) is 0 Å². The molecule has 0 aliphatic carbocycles. The van der Waals surface area contributed by atoms with Crippen LogP contribution in [0.25, 0.3) is 0 Å². The Morgan fingerprint density at radius 1 is 1.29 bits per heavy atom. The molecule has 7 heteroatoms. The van der Waals surface area contributed by atoms with Crippen molar-refractivity contribution in [1.82, 2.24) is 5.32 Å². The van der Waals surface area contributed by atoms with E-state index in [9.17, 15) is 18.3 Å². The maximum atomic E-state index is 12.5. The van der Waals surface area contributed by atoms with Crippen LogP contribution in [0, 0.1) is 0 Å². The van der Waals surface area contributed by atoms with Gasteiger partial charge in [-0.15, -0.1) is 0 Å². The molecule has 0 heterocycles. The first-order valence-corrected chi connectivity index (χ1v) is 6.55. The van der Waals surface area contributed by atoms with Gasteiger partial charge in [0.05, 0.1) is 31.5 Å². The van der Waals surface area contributed by atoms with Crippen LogP contribution in [0.1, 0.15) is 11.1 Å². The molecule has 1 atom stereocenters. The summed E-state index contributed by atoms with van der Waals surface area (Å²) >= 11 is 0. The summed E-state index contributed by atoms with van der Waals surface area (Å²) in [5, 5.41) is 12.5. The predicted molar refractivity (Wildman–Crippen MR) is 71.9 cm³/mol. The largest absolute Gasteiger partial charge is 0.416 e. The van der Waals surface area contributed by atoms with Crippen molar-refractivity contribution in [3.8, 4) is 0 Å². The summed E-state index contributed by atoms with van der Waals surface area (Å²) in [5.41, 5.74) is -0.164. The Morgan fingerprint density at radius 3 is 2.71 bits per heavy atom. The van der Waals surface area contributed by atoms with Crippen molar-refractivity contribution in [3.05, 3.63) is 35.4 Å². The number of halogens is 3. The standard InChI is InChI=1S/C14H20F3NO3/c1-20-5-6-21-10-13(19)9-18-8-11-3-2-4-12(7-11)14(15,16)17/h2-4,7,13,18-19H,5-6,8-10H2,1H3. The maximum Gasteiger partial charge on any atom is 0.416 e. The van der Waals surface area contributed by atoms with E-state index in [2.05, 4.69) is 5.32 Å². The molecule has 0 saturated heterocycles. The van der Waals surface area contributed by atoms with Crippen molar-refractivity contribution in [1.29, 1.82) is 0 Å². The summed E-state index contributed by atoms with van der Waals surface area (Å²) in [7, 11) is 1.55. The smallest absolute Gasteiger partial charge is 0.389 e. The van der Waals surface area contributed by atoms with Crippen LogP contribution in [0.3, 0.4) is 0 Å². The SMILES string of the molecule is COCCOCC(O)CNCc1cccc(C(F)(F)F)c1. The first-order chi connectivity index (χ1) is 9.93. The lowest BCUT2D eigenvalue weighted by atomic mass is 10.1. The average molecular weight is 307 g/mol. The second-order valence-corrected chi connectivity index (χ2v) is 4.55. The van der Waals surface area contributed by atoms with Crippen LogP contribution in [-0.2, 0) is 22.2 Å². The first-order valence-electron chi connectivity index (χ1n) is 6.55. The Hall–Kier alpha value is -1.15. The minimum atomic E-state index is -4.34. The zero-order chi connectivity index (χ0) is 15.7. The monoisotopic (exact) mass is 307 g/mol. The highest BCUT2D eigenvalue weighted by Gasteiger charge is 2.30. The lowest BCUT2D eigenvalue weighted by Crippen LogP contribution is -2.30. The van der Waals surface area contributed by atoms with E-state index in [0.29, 0.717) is 18.8 Å². The molecular weight excluding hydrogens is 287 g/mol. The quantitative estimate of drug-likeness (QED) is 0.683. The van der Waals surface area contributed by atoms with E-state index in [1.165, 1.54) is 6.07 Å². The molecule has 1 aromatic carbocycles. The summed E-state index contributed by atoms with van der Waals surface area (Å²) in [6.07, 6.45) is -5.06. The molecule has 120 valence electrons. The molecule has 0 fully saturated rings. The average Bonchev–Trinajstić information content (AvgIpc) is 2.43. The highest BCUT2D eigenvalue weighted by atomic mass is 19.4. The van der Waals surface area contributed by atoms with Gasteiger partial charge in [0.1, 0.15) is 0 Å². The molecule has 0 spiro atoms. The first kappa shape index (κ1) is 17.9. The summed E-state index contributed by atoms with van der Waals surface area (Å²) in [5.74, 6) is 0. The minimum Gasteiger partial charge on any atom is -0.389 e. The number of aliphatic hydroxyl groups excluding tert-OH is 1. The molecule has 1 aromatic rings. The number of hydrogen-bond acceptors (Lipinski definition) is 4. The molecule has 4 nitrogen and oxygen atoms in total. The lowest BCUT2D eigenvalue weighted by Gasteiger charge is -2.13. The van der Waals surface area contributed by atoms with Crippen LogP contribution in [0.4, 0.5) is 13.2 Å². The van der Waals surface area contributed by atoms with Gasteiger partial charge >= 0.3 is 6.18 Å². The predicted octanol–water partition coefficient (Wildman–Crippen LogP) is 1.82. The van der Waals surface area contributed by atoms with Gasteiger partial charge in [-0.25, -0.2) is 0 Å². The molecular formula is C14H20F3NO3. The molecule has 1 rings (SSSR count). The number of methoxy groups -OCH3 is 1. The third-order valence-electron chi connectivity index (χ3n) is 2.71. The summed E-state index contributed by atoms with van der Waals surface area (Å²) in [4.78, 5) is 0. The number of aliphatic hydroxyl groups is 1. The van der Waals surface area contributed by atoms with Crippen LogP contribution in [-0.4, -0.2) is 44.7 Å². The highest BCUT2D eigenvalue weighted by Crippen LogP contribution is 2.29. The molecule has 0 saturated carbocycles. The lowest BCUT2D eigenvalue weighted by molar-refractivity contribution is -0.137. The van der Waals surface area contributed by atoms with E-state index in [1.54, 1.807) is 13.2 Å². The van der Waals surface area contributed by atoms with Crippen LogP contribution in [0.15, 0.2) is 24.3 Å². The van der Waals surface area contributed by atoms with E-state index in [-0.39, 0.29) is 19.7 Å². The number of rotatable bonds is 9. The maximum absolute atomic E-state index is 12.5. The molecule has 0 aliphatic rings. The number of benzene rings is 1. The highest BCUT2D eigenvalue weighted by molar-refractivity contribution is 5.25. The van der Waals surface area contributed by atoms with E-state index in [4.69, 9.17) is 9.47 Å². The summed E-state index contributed by atoms with van der Waals surface area (Å²) < 4.78 is 47.5. The van der Waals surface area contributed by atoms with Crippen molar-refractivity contribution in [2.45, 2.75) is 18.8 Å². The Bertz CT molecular complexity index is 413. The second kappa shape index (κ2) is 8.99. The molecule has 0 radical (unpaired) electrons. The van der Waals surface area contributed by atoms with E-state index < -0.39 is 17.8 Å². The molecule has 0 aliphatic heterocycles. The van der Waals surface area contributed by atoms with Gasteiger partial charge < -0.3 is 19.9 Å². The van der Waals surface area contributed by atoms with Crippen molar-refractivity contribution in [2.24, 2.45) is 0 Å². The van der Waals surface area contributed by atoms with Crippen molar-refractivity contribution >= 4 is 0 Å². The zero-order valence-corrected chi connectivity index (χ0v) is 11.8. The van der Waals surface area contributed by atoms with E-state index >= 15 is 0 Å². The van der Waals surface area contributed by atoms with Crippen LogP contribution < -0.4 is 5.32 Å². The Balaban J connectivity index is 2.29. The van der Waals surface area contributed by atoms with Gasteiger partial charge in [-0.1, -0.05) is 18.2 Å². The number of ether oxygens (including phenoxy) is 2. The summed E-state index contributed by atoms with van der Waals surface area (Å²) in [6.45, 7) is 1.48. The Labute approximate surface area is 121 Å². The number of hydrogen-bond donors (Lipinski definition) is 2. The molecule has 1 unspecified atom stereocenters. The van der Waals surface area contributed by atoms with Gasteiger partial charge in [-0.2, -0.15) is 13.2 Å². The third-order valence-corrected chi connectivity index (χ3v) is 2.71. The molecule has 0 amide bonds. The Morgan fingerprint density at radius 2 is 2.05 bits per heavy atom. The normalized spacial score (nSPS) is 13.4. The van der Waals surface area contributed by atoms with Crippen molar-refractivity contribution < 1.29 is 27.8 Å². The van der Waals surface area contributed by atoms with Gasteiger partial charge in [0, 0.05) is 20.2 Å². The molecule has 0 aromatic heterocycles. The molecule has 2 N–H and O–H groups in total. The van der Waals surface area contributed by atoms with Crippen LogP contribution >= 0.6 is 0 Å². The van der Waals surface area contributed by atoms with Gasteiger partial charge in [0.2, 0.25) is 0 Å². The fraction of sp³-hybridized carbons (Fsp3) is 0.571. The number of alkyl halides is 3. The third kappa shape index (κ3) is 7.42. The van der Waals surface area contributed by atoms with Gasteiger partial charge in [0.15, 0.2) is 0 Å². The van der Waals surface area contributed by atoms with Crippen LogP contribution in [0.5, 0.6) is 0 Å². The fourth-order valence-corrected chi connectivity index (χ4v) is 1.66. The molecule has 21 heavy (non-hydrogen) atoms. The Kier molecular flexibility index (Phi) is 7.66. The minimum absolute atomic E-state index is 0.152. The second-order valence-electron chi connectivity index (χ2n) is 4.55. The number of nitrogens with one attached hydrogen (secondary N) is 1. The topological polar surface area (TPSA) is 50.7 Å².